The molecule has 0 unspecified atom stereocenters. The predicted molar refractivity (Wildman–Crippen MR) is 149 cm³/mol. The van der Waals surface area contributed by atoms with Crippen LogP contribution >= 0.6 is 23.2 Å². The number of carbonyl (C=O) groups is 2. The molecule has 6 heteroatoms. The Morgan fingerprint density at radius 2 is 0.944 bits per heavy atom. The van der Waals surface area contributed by atoms with Crippen molar-refractivity contribution in [2.45, 2.75) is 13.8 Å². The molecule has 0 radical (unpaired) electrons. The number of carbonyl (C=O) groups excluding carboxylic acids is 2. The van der Waals surface area contributed by atoms with E-state index in [4.69, 9.17) is 23.2 Å². The molecule has 0 heterocycles. The van der Waals surface area contributed by atoms with Crippen LogP contribution < -0.4 is 9.80 Å². The Kier molecular flexibility index (Phi) is 8.09. The Balaban J connectivity index is 1.61. The van der Waals surface area contributed by atoms with Gasteiger partial charge in [-0.05, 0) is 84.6 Å². The molecular formula is C30H26Cl2N2O2. The van der Waals surface area contributed by atoms with Crippen LogP contribution in [0.15, 0.2) is 97.1 Å². The first-order chi connectivity index (χ1) is 17.4. The maximum Gasteiger partial charge on any atom is 0.259 e. The van der Waals surface area contributed by atoms with Gasteiger partial charge in [-0.1, -0.05) is 48.5 Å². The fraction of sp³-hybridized carbons (Fsp3) is 0.133. The summed E-state index contributed by atoms with van der Waals surface area (Å²) in [5, 5.41) is 0. The van der Waals surface area contributed by atoms with Crippen molar-refractivity contribution in [1.82, 2.24) is 0 Å². The summed E-state index contributed by atoms with van der Waals surface area (Å²) in [6.07, 6.45) is 0. The van der Waals surface area contributed by atoms with Gasteiger partial charge in [0.1, 0.15) is 12.0 Å². The van der Waals surface area contributed by atoms with Crippen LogP contribution in [0.2, 0.25) is 0 Å². The van der Waals surface area contributed by atoms with E-state index in [1.165, 1.54) is 0 Å². The van der Waals surface area contributed by atoms with E-state index < -0.39 is 0 Å². The summed E-state index contributed by atoms with van der Waals surface area (Å²) in [7, 11) is 0. The van der Waals surface area contributed by atoms with Gasteiger partial charge < -0.3 is 0 Å². The quantitative estimate of drug-likeness (QED) is 0.187. The number of amides is 2. The van der Waals surface area contributed by atoms with E-state index in [0.717, 1.165) is 33.6 Å². The Morgan fingerprint density at radius 3 is 1.25 bits per heavy atom. The van der Waals surface area contributed by atoms with E-state index in [9.17, 15) is 9.59 Å². The number of rotatable bonds is 7. The topological polar surface area (TPSA) is 40.6 Å². The van der Waals surface area contributed by atoms with Crippen LogP contribution in [-0.4, -0.2) is 23.8 Å². The molecule has 0 aliphatic rings. The second-order valence-electron chi connectivity index (χ2n) is 8.44. The molecule has 0 saturated heterocycles. The van der Waals surface area contributed by atoms with Crippen LogP contribution in [0, 0.1) is 13.8 Å². The maximum atomic E-state index is 13.0. The van der Waals surface area contributed by atoms with E-state index in [1.54, 1.807) is 34.1 Å². The molecule has 4 aromatic rings. The first kappa shape index (κ1) is 25.5. The Labute approximate surface area is 221 Å². The maximum absolute atomic E-state index is 13.0. The smallest absolute Gasteiger partial charge is 0.259 e. The van der Waals surface area contributed by atoms with Crippen LogP contribution in [0.3, 0.4) is 0 Å². The molecule has 0 aliphatic heterocycles. The van der Waals surface area contributed by atoms with Gasteiger partial charge in [0.25, 0.3) is 11.8 Å². The summed E-state index contributed by atoms with van der Waals surface area (Å²) in [6, 6.07) is 30.2. The third-order valence-corrected chi connectivity index (χ3v) is 6.56. The third-order valence-electron chi connectivity index (χ3n) is 6.08. The van der Waals surface area contributed by atoms with Crippen molar-refractivity contribution in [2.75, 3.05) is 21.8 Å². The highest BCUT2D eigenvalue weighted by atomic mass is 35.5. The largest absolute Gasteiger partial charge is 0.294 e. The van der Waals surface area contributed by atoms with E-state index >= 15 is 0 Å². The van der Waals surface area contributed by atoms with Crippen molar-refractivity contribution in [3.63, 3.8) is 0 Å². The van der Waals surface area contributed by atoms with E-state index in [0.29, 0.717) is 11.1 Å². The number of benzene rings is 4. The molecule has 4 rings (SSSR count). The lowest BCUT2D eigenvalue weighted by molar-refractivity contribution is 0.0983. The van der Waals surface area contributed by atoms with Crippen molar-refractivity contribution in [3.8, 4) is 11.1 Å². The number of anilines is 2. The third kappa shape index (κ3) is 5.30. The summed E-state index contributed by atoms with van der Waals surface area (Å²) < 4.78 is 0. The van der Waals surface area contributed by atoms with Gasteiger partial charge in [0, 0.05) is 22.5 Å². The fourth-order valence-corrected chi connectivity index (χ4v) is 4.68. The van der Waals surface area contributed by atoms with Gasteiger partial charge in [-0.25, -0.2) is 0 Å². The number of hydrogen-bond donors (Lipinski definition) is 0. The Morgan fingerprint density at radius 1 is 0.583 bits per heavy atom. The summed E-state index contributed by atoms with van der Waals surface area (Å²) in [5.41, 5.74) is 6.55. The van der Waals surface area contributed by atoms with Crippen molar-refractivity contribution in [3.05, 3.63) is 119 Å². The average Bonchev–Trinajstić information content (AvgIpc) is 2.92. The van der Waals surface area contributed by atoms with E-state index in [1.807, 2.05) is 86.6 Å². The fourth-order valence-electron chi connectivity index (χ4n) is 4.21. The molecule has 0 bridgehead atoms. The highest BCUT2D eigenvalue weighted by Gasteiger charge is 2.20. The highest BCUT2D eigenvalue weighted by Crippen LogP contribution is 2.32. The highest BCUT2D eigenvalue weighted by molar-refractivity contribution is 6.23. The van der Waals surface area contributed by atoms with Crippen molar-refractivity contribution < 1.29 is 9.59 Å². The molecule has 36 heavy (non-hydrogen) atoms. The molecule has 182 valence electrons. The second-order valence-corrected chi connectivity index (χ2v) is 8.92. The van der Waals surface area contributed by atoms with Gasteiger partial charge in [-0.15, -0.1) is 23.2 Å². The molecule has 0 aliphatic carbocycles. The average molecular weight is 517 g/mol. The zero-order valence-corrected chi connectivity index (χ0v) is 21.6. The molecule has 0 aromatic heterocycles. The van der Waals surface area contributed by atoms with Gasteiger partial charge >= 0.3 is 0 Å². The van der Waals surface area contributed by atoms with E-state index in [-0.39, 0.29) is 23.8 Å². The zero-order valence-electron chi connectivity index (χ0n) is 20.1. The summed E-state index contributed by atoms with van der Waals surface area (Å²) in [6.45, 7) is 3.93. The molecule has 0 atom stereocenters. The van der Waals surface area contributed by atoms with Gasteiger partial charge in [0.2, 0.25) is 0 Å². The first-order valence-electron chi connectivity index (χ1n) is 11.5. The molecule has 0 N–H and O–H groups in total. The van der Waals surface area contributed by atoms with Gasteiger partial charge in [0.05, 0.1) is 0 Å². The summed E-state index contributed by atoms with van der Waals surface area (Å²) >= 11 is 12.4. The second kappa shape index (κ2) is 11.4. The molecule has 0 fully saturated rings. The molecule has 4 aromatic carbocycles. The number of hydrogen-bond acceptors (Lipinski definition) is 2. The molecule has 0 saturated carbocycles. The minimum Gasteiger partial charge on any atom is -0.294 e. The van der Waals surface area contributed by atoms with Crippen LogP contribution in [-0.2, 0) is 0 Å². The zero-order chi connectivity index (χ0) is 25.7. The minimum absolute atomic E-state index is 0.0470. The minimum atomic E-state index is -0.147. The molecule has 2 amide bonds. The SMILES string of the molecule is Cc1cc(-c2ccc(N(CCl)C(=O)c3ccccc3)c(C)c2)ccc1N(CCl)C(=O)c1ccccc1. The van der Waals surface area contributed by atoms with Crippen LogP contribution in [0.1, 0.15) is 31.8 Å². The monoisotopic (exact) mass is 516 g/mol. The summed E-state index contributed by atoms with van der Waals surface area (Å²) in [5.74, 6) is -0.295. The van der Waals surface area contributed by atoms with Crippen molar-refractivity contribution in [2.24, 2.45) is 0 Å². The van der Waals surface area contributed by atoms with Gasteiger partial charge in [-0.3, -0.25) is 19.4 Å². The molecule has 0 spiro atoms. The lowest BCUT2D eigenvalue weighted by Gasteiger charge is -2.24. The standard InChI is InChI=1S/C30H26Cl2N2O2/c1-21-17-25(13-15-27(21)33(19-31)29(35)23-9-5-3-6-10-23)26-14-16-28(22(2)18-26)34(20-32)30(36)24-11-7-4-8-12-24/h3-18H,19-20H2,1-2H3. The Bertz CT molecular complexity index is 1270. The van der Waals surface area contributed by atoms with Gasteiger partial charge in [-0.2, -0.15) is 0 Å². The van der Waals surface area contributed by atoms with E-state index in [2.05, 4.69) is 0 Å². The van der Waals surface area contributed by atoms with Crippen LogP contribution in [0.25, 0.3) is 11.1 Å². The van der Waals surface area contributed by atoms with Crippen LogP contribution in [0.5, 0.6) is 0 Å². The predicted octanol–water partition coefficient (Wildman–Crippen LogP) is 7.66. The normalized spacial score (nSPS) is 10.7. The van der Waals surface area contributed by atoms with Gasteiger partial charge in [0.15, 0.2) is 0 Å². The number of halogens is 2. The van der Waals surface area contributed by atoms with Crippen molar-refractivity contribution in [1.29, 1.82) is 0 Å². The number of alkyl halides is 2. The lowest BCUT2D eigenvalue weighted by atomic mass is 9.99. The lowest BCUT2D eigenvalue weighted by Crippen LogP contribution is -2.30. The Hall–Kier alpha value is -3.60. The number of aryl methyl sites for hydroxylation is 2. The van der Waals surface area contributed by atoms with Crippen molar-refractivity contribution >= 4 is 46.4 Å². The number of nitrogens with zero attached hydrogens (tertiary/aromatic N) is 2. The first-order valence-corrected chi connectivity index (χ1v) is 12.6. The molecule has 4 nitrogen and oxygen atoms in total. The van der Waals surface area contributed by atoms with Crippen LogP contribution in [0.4, 0.5) is 11.4 Å². The summed E-state index contributed by atoms with van der Waals surface area (Å²) in [4.78, 5) is 29.2. The molecular weight excluding hydrogens is 491 g/mol.